The summed E-state index contributed by atoms with van der Waals surface area (Å²) in [5.41, 5.74) is 4.08. The third-order valence-electron chi connectivity index (χ3n) is 7.36. The lowest BCUT2D eigenvalue weighted by Crippen LogP contribution is -2.44. The zero-order chi connectivity index (χ0) is 24.2. The first-order valence-corrected chi connectivity index (χ1v) is 12.4. The molecular weight excluding hydrogens is 426 g/mol. The molecule has 2 atom stereocenters. The maximum absolute atomic E-state index is 13.1. The highest BCUT2D eigenvalue weighted by molar-refractivity contribution is 6.00. The van der Waals surface area contributed by atoms with Crippen LogP contribution in [0, 0.1) is 18.8 Å². The average molecular weight is 462 g/mol. The summed E-state index contributed by atoms with van der Waals surface area (Å²) < 4.78 is 0. The van der Waals surface area contributed by atoms with Gasteiger partial charge in [-0.3, -0.25) is 14.4 Å². The van der Waals surface area contributed by atoms with Crippen LogP contribution in [0.1, 0.15) is 56.6 Å². The van der Waals surface area contributed by atoms with Gasteiger partial charge in [-0.05, 0) is 61.9 Å². The fourth-order valence-electron chi connectivity index (χ4n) is 4.84. The number of carbonyl (C=O) groups excluding carboxylic acids is 3. The molecule has 2 aromatic carbocycles. The minimum Gasteiger partial charge on any atom is -0.342 e. The summed E-state index contributed by atoms with van der Waals surface area (Å²) in [4.78, 5) is 42.0. The van der Waals surface area contributed by atoms with E-state index in [9.17, 15) is 14.4 Å². The molecule has 0 aliphatic carbocycles. The van der Waals surface area contributed by atoms with Crippen LogP contribution in [0.5, 0.6) is 0 Å². The second-order valence-corrected chi connectivity index (χ2v) is 9.76. The Hall–Kier alpha value is -3.15. The van der Waals surface area contributed by atoms with Gasteiger partial charge in [-0.2, -0.15) is 0 Å². The Morgan fingerprint density at radius 1 is 1.00 bits per heavy atom. The van der Waals surface area contributed by atoms with Crippen molar-refractivity contribution in [1.82, 2.24) is 4.90 Å². The Bertz CT molecular complexity index is 1020. The SMILES string of the molecule is CCC(C)c1ccc(NC(=O)C2CCN(C(=O)C3CC(=O)N(c4ccc(C)cc4)C3)CC2)cc1. The number of benzene rings is 2. The number of aryl methyl sites for hydroxylation is 1. The van der Waals surface area contributed by atoms with Crippen LogP contribution in [0.3, 0.4) is 0 Å². The molecule has 0 saturated carbocycles. The van der Waals surface area contributed by atoms with Gasteiger partial charge in [0.25, 0.3) is 0 Å². The quantitative estimate of drug-likeness (QED) is 0.676. The molecular formula is C28H35N3O3. The number of nitrogens with zero attached hydrogens (tertiary/aromatic N) is 2. The Morgan fingerprint density at radius 2 is 1.65 bits per heavy atom. The summed E-state index contributed by atoms with van der Waals surface area (Å²) in [6.07, 6.45) is 2.62. The molecule has 2 aliphatic heterocycles. The fraction of sp³-hybridized carbons (Fsp3) is 0.464. The Balaban J connectivity index is 1.27. The van der Waals surface area contributed by atoms with Crippen LogP contribution in [0.2, 0.25) is 0 Å². The molecule has 6 heteroatoms. The minimum atomic E-state index is -0.316. The van der Waals surface area contributed by atoms with Crippen molar-refractivity contribution in [3.8, 4) is 0 Å². The van der Waals surface area contributed by atoms with Gasteiger partial charge < -0.3 is 15.1 Å². The van der Waals surface area contributed by atoms with Crippen molar-refractivity contribution in [2.24, 2.45) is 11.8 Å². The van der Waals surface area contributed by atoms with E-state index in [1.165, 1.54) is 5.56 Å². The molecule has 3 amide bonds. The third kappa shape index (κ3) is 5.32. The lowest BCUT2D eigenvalue weighted by molar-refractivity contribution is -0.138. The summed E-state index contributed by atoms with van der Waals surface area (Å²) in [5.74, 6) is 0.129. The summed E-state index contributed by atoms with van der Waals surface area (Å²) in [7, 11) is 0. The zero-order valence-corrected chi connectivity index (χ0v) is 20.4. The van der Waals surface area contributed by atoms with Gasteiger partial charge in [0.2, 0.25) is 17.7 Å². The summed E-state index contributed by atoms with van der Waals surface area (Å²) >= 11 is 0. The number of nitrogens with one attached hydrogen (secondary N) is 1. The first-order valence-electron chi connectivity index (χ1n) is 12.4. The number of rotatable bonds is 6. The van der Waals surface area contributed by atoms with E-state index in [2.05, 4.69) is 31.3 Å². The van der Waals surface area contributed by atoms with Gasteiger partial charge in [0.15, 0.2) is 0 Å². The highest BCUT2D eigenvalue weighted by Gasteiger charge is 2.38. The minimum absolute atomic E-state index is 0.00387. The van der Waals surface area contributed by atoms with E-state index in [0.717, 1.165) is 23.4 Å². The first kappa shape index (κ1) is 24.0. The van der Waals surface area contributed by atoms with Crippen LogP contribution in [0.4, 0.5) is 11.4 Å². The molecule has 6 nitrogen and oxygen atoms in total. The maximum Gasteiger partial charge on any atom is 0.228 e. The number of likely N-dealkylation sites (tertiary alicyclic amines) is 1. The van der Waals surface area contributed by atoms with Crippen molar-refractivity contribution < 1.29 is 14.4 Å². The molecule has 2 aromatic rings. The van der Waals surface area contributed by atoms with E-state index < -0.39 is 0 Å². The van der Waals surface area contributed by atoms with Gasteiger partial charge in [-0.1, -0.05) is 43.7 Å². The number of amides is 3. The molecule has 34 heavy (non-hydrogen) atoms. The largest absolute Gasteiger partial charge is 0.342 e. The third-order valence-corrected chi connectivity index (χ3v) is 7.36. The summed E-state index contributed by atoms with van der Waals surface area (Å²) in [5, 5.41) is 3.03. The van der Waals surface area contributed by atoms with Crippen molar-refractivity contribution in [3.63, 3.8) is 0 Å². The van der Waals surface area contributed by atoms with Crippen LogP contribution >= 0.6 is 0 Å². The molecule has 2 unspecified atom stereocenters. The molecule has 180 valence electrons. The van der Waals surface area contributed by atoms with E-state index in [-0.39, 0.29) is 36.0 Å². The van der Waals surface area contributed by atoms with Crippen LogP contribution < -0.4 is 10.2 Å². The summed E-state index contributed by atoms with van der Waals surface area (Å²) in [6.45, 7) is 7.91. The van der Waals surface area contributed by atoms with Crippen LogP contribution in [-0.4, -0.2) is 42.3 Å². The molecule has 0 spiro atoms. The van der Waals surface area contributed by atoms with E-state index in [1.54, 1.807) is 4.90 Å². The number of carbonyl (C=O) groups is 3. The fourth-order valence-corrected chi connectivity index (χ4v) is 4.84. The second-order valence-electron chi connectivity index (χ2n) is 9.76. The van der Waals surface area contributed by atoms with E-state index >= 15 is 0 Å². The molecule has 2 heterocycles. The lowest BCUT2D eigenvalue weighted by atomic mass is 9.94. The van der Waals surface area contributed by atoms with Crippen molar-refractivity contribution in [3.05, 3.63) is 59.7 Å². The van der Waals surface area contributed by atoms with Crippen molar-refractivity contribution in [1.29, 1.82) is 0 Å². The average Bonchev–Trinajstić information content (AvgIpc) is 3.25. The molecule has 0 radical (unpaired) electrons. The van der Waals surface area contributed by atoms with Crippen LogP contribution in [0.25, 0.3) is 0 Å². The number of anilines is 2. The van der Waals surface area contributed by atoms with E-state index in [1.807, 2.05) is 48.2 Å². The molecule has 2 aliphatic rings. The Morgan fingerprint density at radius 3 is 2.26 bits per heavy atom. The van der Waals surface area contributed by atoms with Crippen molar-refractivity contribution >= 4 is 29.1 Å². The molecule has 0 bridgehead atoms. The van der Waals surface area contributed by atoms with Gasteiger partial charge >= 0.3 is 0 Å². The Labute approximate surface area is 202 Å². The van der Waals surface area contributed by atoms with E-state index in [4.69, 9.17) is 0 Å². The molecule has 2 fully saturated rings. The number of hydrogen-bond donors (Lipinski definition) is 1. The monoisotopic (exact) mass is 461 g/mol. The Kier molecular flexibility index (Phi) is 7.35. The number of piperidine rings is 1. The van der Waals surface area contributed by atoms with Crippen molar-refractivity contribution in [2.45, 2.75) is 52.4 Å². The maximum atomic E-state index is 13.1. The summed E-state index contributed by atoms with van der Waals surface area (Å²) in [6, 6.07) is 15.9. The standard InChI is InChI=1S/C28H35N3O3/c1-4-20(3)21-7-9-24(10-8-21)29-27(33)22-13-15-30(16-14-22)28(34)23-17-26(32)31(18-23)25-11-5-19(2)6-12-25/h5-12,20,22-23H,4,13-18H2,1-3H3,(H,29,33). The van der Waals surface area contributed by atoms with Gasteiger partial charge in [0, 0.05) is 43.3 Å². The predicted octanol–water partition coefficient (Wildman–Crippen LogP) is 4.74. The van der Waals surface area contributed by atoms with E-state index in [0.29, 0.717) is 38.4 Å². The van der Waals surface area contributed by atoms with Gasteiger partial charge in [-0.15, -0.1) is 0 Å². The molecule has 1 N–H and O–H groups in total. The normalized spacial score (nSPS) is 19.9. The molecule has 0 aromatic heterocycles. The lowest BCUT2D eigenvalue weighted by Gasteiger charge is -2.33. The second kappa shape index (κ2) is 10.4. The topological polar surface area (TPSA) is 69.7 Å². The predicted molar refractivity (Wildman–Crippen MR) is 135 cm³/mol. The smallest absolute Gasteiger partial charge is 0.228 e. The molecule has 4 rings (SSSR count). The zero-order valence-electron chi connectivity index (χ0n) is 20.4. The number of hydrogen-bond acceptors (Lipinski definition) is 3. The van der Waals surface area contributed by atoms with Gasteiger partial charge in [0.05, 0.1) is 5.92 Å². The van der Waals surface area contributed by atoms with Gasteiger partial charge in [0.1, 0.15) is 0 Å². The first-order chi connectivity index (χ1) is 16.4. The highest BCUT2D eigenvalue weighted by atomic mass is 16.2. The van der Waals surface area contributed by atoms with Crippen molar-refractivity contribution in [2.75, 3.05) is 29.9 Å². The molecule has 2 saturated heterocycles. The highest BCUT2D eigenvalue weighted by Crippen LogP contribution is 2.29. The van der Waals surface area contributed by atoms with Crippen LogP contribution in [-0.2, 0) is 14.4 Å². The van der Waals surface area contributed by atoms with Gasteiger partial charge in [-0.25, -0.2) is 0 Å². The van der Waals surface area contributed by atoms with Crippen LogP contribution in [0.15, 0.2) is 48.5 Å².